The Kier molecular flexibility index (Phi) is 6.28. The lowest BCUT2D eigenvalue weighted by Gasteiger charge is -2.14. The topological polar surface area (TPSA) is 50.7 Å². The number of carbonyl (C=O) groups is 1. The van der Waals surface area contributed by atoms with Gasteiger partial charge in [0.15, 0.2) is 6.61 Å². The van der Waals surface area contributed by atoms with Crippen molar-refractivity contribution in [3.8, 4) is 5.75 Å². The van der Waals surface area contributed by atoms with Gasteiger partial charge in [0.1, 0.15) is 11.6 Å². The summed E-state index contributed by atoms with van der Waals surface area (Å²) in [5.41, 5.74) is 5.69. The molecule has 0 fully saturated rings. The second-order valence-corrected chi connectivity index (χ2v) is 6.23. The largest absolute Gasteiger partial charge is 0.483 e. The number of amides is 1. The molecule has 1 N–H and O–H groups in total. The van der Waals surface area contributed by atoms with E-state index in [2.05, 4.69) is 24.4 Å². The molecular formula is C20H23FN2O2. The van der Waals surface area contributed by atoms with Crippen LogP contribution in [-0.2, 0) is 4.79 Å². The number of halogens is 1. The van der Waals surface area contributed by atoms with E-state index in [0.717, 1.165) is 11.1 Å². The summed E-state index contributed by atoms with van der Waals surface area (Å²) >= 11 is 0. The van der Waals surface area contributed by atoms with Crippen molar-refractivity contribution in [2.24, 2.45) is 5.10 Å². The molecule has 0 aliphatic rings. The number of rotatable bonds is 6. The van der Waals surface area contributed by atoms with Gasteiger partial charge in [-0.1, -0.05) is 38.1 Å². The van der Waals surface area contributed by atoms with E-state index in [1.54, 1.807) is 19.1 Å². The summed E-state index contributed by atoms with van der Waals surface area (Å²) in [6.45, 7) is 7.69. The number of benzene rings is 2. The Morgan fingerprint density at radius 2 is 2.00 bits per heavy atom. The third-order valence-corrected chi connectivity index (χ3v) is 3.74. The normalized spacial score (nSPS) is 11.5. The van der Waals surface area contributed by atoms with Crippen LogP contribution in [-0.4, -0.2) is 18.2 Å². The second-order valence-electron chi connectivity index (χ2n) is 6.23. The number of aryl methyl sites for hydroxylation is 1. The standard InChI is InChI=1S/C20H23FN2O2/c1-13(2)18-9-8-14(3)10-19(18)25-12-20(24)23-22-15(4)16-6-5-7-17(21)11-16/h5-11,13H,12H2,1-4H3,(H,23,24)/b22-15+. The molecule has 5 heteroatoms. The van der Waals surface area contributed by atoms with Gasteiger partial charge >= 0.3 is 0 Å². The van der Waals surface area contributed by atoms with Gasteiger partial charge in [0.05, 0.1) is 5.71 Å². The number of nitrogens with zero attached hydrogens (tertiary/aromatic N) is 1. The molecule has 2 aromatic carbocycles. The third kappa shape index (κ3) is 5.41. The zero-order chi connectivity index (χ0) is 18.4. The van der Waals surface area contributed by atoms with Crippen molar-refractivity contribution in [1.29, 1.82) is 0 Å². The molecular weight excluding hydrogens is 319 g/mol. The Morgan fingerprint density at radius 3 is 2.68 bits per heavy atom. The summed E-state index contributed by atoms with van der Waals surface area (Å²) in [7, 11) is 0. The van der Waals surface area contributed by atoms with Gasteiger partial charge in [-0.3, -0.25) is 4.79 Å². The molecule has 0 saturated carbocycles. The van der Waals surface area contributed by atoms with Gasteiger partial charge < -0.3 is 4.74 Å². The predicted octanol–water partition coefficient (Wildman–Crippen LogP) is 4.18. The van der Waals surface area contributed by atoms with Crippen LogP contribution < -0.4 is 10.2 Å². The zero-order valence-corrected chi connectivity index (χ0v) is 15.0. The number of carbonyl (C=O) groups excluding carboxylic acids is 1. The molecule has 4 nitrogen and oxygen atoms in total. The molecule has 0 bridgehead atoms. The van der Waals surface area contributed by atoms with Gasteiger partial charge in [-0.2, -0.15) is 5.10 Å². The van der Waals surface area contributed by atoms with E-state index in [-0.39, 0.29) is 18.3 Å². The smallest absolute Gasteiger partial charge is 0.277 e. The van der Waals surface area contributed by atoms with Crippen molar-refractivity contribution in [1.82, 2.24) is 5.43 Å². The van der Waals surface area contributed by atoms with Gasteiger partial charge in [0.2, 0.25) is 0 Å². The van der Waals surface area contributed by atoms with Gasteiger partial charge in [0.25, 0.3) is 5.91 Å². The van der Waals surface area contributed by atoms with E-state index >= 15 is 0 Å². The van der Waals surface area contributed by atoms with Crippen LogP contribution in [0.25, 0.3) is 0 Å². The lowest BCUT2D eigenvalue weighted by molar-refractivity contribution is -0.123. The highest BCUT2D eigenvalue weighted by Gasteiger charge is 2.10. The monoisotopic (exact) mass is 342 g/mol. The number of hydrogen-bond donors (Lipinski definition) is 1. The molecule has 25 heavy (non-hydrogen) atoms. The first-order valence-electron chi connectivity index (χ1n) is 8.19. The minimum absolute atomic E-state index is 0.136. The summed E-state index contributed by atoms with van der Waals surface area (Å²) in [5, 5.41) is 3.99. The number of hydrazone groups is 1. The number of hydrogen-bond acceptors (Lipinski definition) is 3. The van der Waals surface area contributed by atoms with Crippen LogP contribution in [0.3, 0.4) is 0 Å². The first kappa shape index (κ1) is 18.6. The zero-order valence-electron chi connectivity index (χ0n) is 15.0. The van der Waals surface area contributed by atoms with E-state index in [1.807, 2.05) is 25.1 Å². The first-order chi connectivity index (χ1) is 11.9. The maximum absolute atomic E-state index is 13.2. The molecule has 2 rings (SSSR count). The van der Waals surface area contributed by atoms with E-state index in [4.69, 9.17) is 4.74 Å². The fourth-order valence-corrected chi connectivity index (χ4v) is 2.34. The fourth-order valence-electron chi connectivity index (χ4n) is 2.34. The molecule has 2 aromatic rings. The maximum Gasteiger partial charge on any atom is 0.277 e. The number of ether oxygens (including phenoxy) is 1. The molecule has 1 amide bonds. The molecule has 0 spiro atoms. The average Bonchev–Trinajstić information content (AvgIpc) is 2.57. The van der Waals surface area contributed by atoms with Crippen LogP contribution >= 0.6 is 0 Å². The van der Waals surface area contributed by atoms with Crippen molar-refractivity contribution in [3.63, 3.8) is 0 Å². The van der Waals surface area contributed by atoms with Gasteiger partial charge in [-0.25, -0.2) is 9.82 Å². The Labute approximate surface area is 147 Å². The highest BCUT2D eigenvalue weighted by atomic mass is 19.1. The Morgan fingerprint density at radius 1 is 1.24 bits per heavy atom. The van der Waals surface area contributed by atoms with Crippen molar-refractivity contribution in [2.45, 2.75) is 33.6 Å². The SMILES string of the molecule is C/C(=N\NC(=O)COc1cc(C)ccc1C(C)C)c1cccc(F)c1. The number of nitrogens with one attached hydrogen (secondary N) is 1. The highest BCUT2D eigenvalue weighted by molar-refractivity contribution is 5.99. The van der Waals surface area contributed by atoms with Crippen molar-refractivity contribution >= 4 is 11.6 Å². The Balaban J connectivity index is 1.97. The first-order valence-corrected chi connectivity index (χ1v) is 8.19. The molecule has 0 saturated heterocycles. The van der Waals surface area contributed by atoms with Crippen LogP contribution in [0.4, 0.5) is 4.39 Å². The molecule has 0 unspecified atom stereocenters. The summed E-state index contributed by atoms with van der Waals surface area (Å²) in [6, 6.07) is 12.0. The highest BCUT2D eigenvalue weighted by Crippen LogP contribution is 2.27. The average molecular weight is 342 g/mol. The lowest BCUT2D eigenvalue weighted by atomic mass is 10.0. The second kappa shape index (κ2) is 8.42. The van der Waals surface area contributed by atoms with Crippen LogP contribution in [0, 0.1) is 12.7 Å². The van der Waals surface area contributed by atoms with Crippen LogP contribution in [0.15, 0.2) is 47.6 Å². The third-order valence-electron chi connectivity index (χ3n) is 3.74. The molecule has 132 valence electrons. The van der Waals surface area contributed by atoms with Crippen LogP contribution in [0.1, 0.15) is 43.4 Å². The quantitative estimate of drug-likeness (QED) is 0.632. The summed E-state index contributed by atoms with van der Waals surface area (Å²) < 4.78 is 18.9. The summed E-state index contributed by atoms with van der Waals surface area (Å²) in [5.74, 6) is 0.289. The summed E-state index contributed by atoms with van der Waals surface area (Å²) in [4.78, 5) is 12.0. The van der Waals surface area contributed by atoms with E-state index in [0.29, 0.717) is 22.9 Å². The minimum Gasteiger partial charge on any atom is -0.483 e. The molecule has 0 aromatic heterocycles. The van der Waals surface area contributed by atoms with Crippen LogP contribution in [0.5, 0.6) is 5.75 Å². The van der Waals surface area contributed by atoms with Gasteiger partial charge in [-0.05, 0) is 49.1 Å². The van der Waals surface area contributed by atoms with Gasteiger partial charge in [-0.15, -0.1) is 0 Å². The molecule has 0 heterocycles. The van der Waals surface area contributed by atoms with Crippen molar-refractivity contribution in [2.75, 3.05) is 6.61 Å². The summed E-state index contributed by atoms with van der Waals surface area (Å²) in [6.07, 6.45) is 0. The van der Waals surface area contributed by atoms with E-state index in [9.17, 15) is 9.18 Å². The lowest BCUT2D eigenvalue weighted by Crippen LogP contribution is -2.26. The fraction of sp³-hybridized carbons (Fsp3) is 0.300. The van der Waals surface area contributed by atoms with E-state index in [1.165, 1.54) is 12.1 Å². The molecule has 0 atom stereocenters. The molecule has 0 aliphatic heterocycles. The molecule has 0 aliphatic carbocycles. The van der Waals surface area contributed by atoms with E-state index < -0.39 is 0 Å². The van der Waals surface area contributed by atoms with Crippen molar-refractivity contribution in [3.05, 3.63) is 65.0 Å². The Bertz CT molecular complexity index is 785. The van der Waals surface area contributed by atoms with Gasteiger partial charge in [0, 0.05) is 5.56 Å². The van der Waals surface area contributed by atoms with Crippen LogP contribution in [0.2, 0.25) is 0 Å². The Hall–Kier alpha value is -2.69. The predicted molar refractivity (Wildman–Crippen MR) is 97.5 cm³/mol. The maximum atomic E-state index is 13.2. The van der Waals surface area contributed by atoms with Crippen molar-refractivity contribution < 1.29 is 13.9 Å². The minimum atomic E-state index is -0.369. The molecule has 0 radical (unpaired) electrons.